The smallest absolute Gasteiger partial charge is 0.243 e. The van der Waals surface area contributed by atoms with Gasteiger partial charge in [-0.3, -0.25) is 0 Å². The molecule has 0 saturated carbocycles. The van der Waals surface area contributed by atoms with Crippen LogP contribution in [-0.4, -0.2) is 38.4 Å². The maximum absolute atomic E-state index is 12.7. The molecule has 112 valence electrons. The quantitative estimate of drug-likeness (QED) is 0.736. The molecule has 2 rings (SSSR count). The lowest BCUT2D eigenvalue weighted by Gasteiger charge is -2.25. The summed E-state index contributed by atoms with van der Waals surface area (Å²) in [5, 5.41) is 3.37. The number of nitrogens with zero attached hydrogens (tertiary/aromatic N) is 1. The van der Waals surface area contributed by atoms with E-state index in [1.165, 1.54) is 0 Å². The van der Waals surface area contributed by atoms with Crippen LogP contribution < -0.4 is 5.32 Å². The van der Waals surface area contributed by atoms with Gasteiger partial charge in [0.1, 0.15) is 0 Å². The SMILES string of the molecule is CCCN(CC1CCCN1)S(=O)(=O)c1ccc(I)cc1. The van der Waals surface area contributed by atoms with Gasteiger partial charge in [-0.25, -0.2) is 8.42 Å². The van der Waals surface area contributed by atoms with E-state index in [4.69, 9.17) is 0 Å². The molecule has 4 nitrogen and oxygen atoms in total. The highest BCUT2D eigenvalue weighted by Crippen LogP contribution is 2.19. The molecule has 1 aromatic rings. The summed E-state index contributed by atoms with van der Waals surface area (Å²) in [6.07, 6.45) is 3.02. The molecule has 1 heterocycles. The lowest BCUT2D eigenvalue weighted by Crippen LogP contribution is -2.41. The fourth-order valence-corrected chi connectivity index (χ4v) is 4.41. The summed E-state index contributed by atoms with van der Waals surface area (Å²) >= 11 is 2.18. The van der Waals surface area contributed by atoms with Gasteiger partial charge < -0.3 is 5.32 Å². The summed E-state index contributed by atoms with van der Waals surface area (Å²) in [5.41, 5.74) is 0. The summed E-state index contributed by atoms with van der Waals surface area (Å²) in [6.45, 7) is 4.15. The van der Waals surface area contributed by atoms with Crippen LogP contribution in [-0.2, 0) is 10.0 Å². The van der Waals surface area contributed by atoms with Crippen molar-refractivity contribution in [3.8, 4) is 0 Å². The van der Waals surface area contributed by atoms with Crippen molar-refractivity contribution in [1.29, 1.82) is 0 Å². The Labute approximate surface area is 135 Å². The Hall–Kier alpha value is -0.180. The third-order valence-corrected chi connectivity index (χ3v) is 6.11. The third kappa shape index (κ3) is 3.93. The first-order valence-electron chi connectivity index (χ1n) is 7.03. The van der Waals surface area contributed by atoms with Crippen LogP contribution in [0.2, 0.25) is 0 Å². The molecule has 1 N–H and O–H groups in total. The number of nitrogens with one attached hydrogen (secondary N) is 1. The molecule has 20 heavy (non-hydrogen) atoms. The predicted octanol–water partition coefficient (Wildman–Crippen LogP) is 2.44. The molecule has 1 unspecified atom stereocenters. The number of benzene rings is 1. The van der Waals surface area contributed by atoms with E-state index in [9.17, 15) is 8.42 Å². The molecule has 1 aliphatic heterocycles. The van der Waals surface area contributed by atoms with Crippen molar-refractivity contribution in [2.45, 2.75) is 37.1 Å². The Bertz CT molecular complexity index is 525. The highest BCUT2D eigenvalue weighted by atomic mass is 127. The Kier molecular flexibility index (Phi) is 5.83. The molecule has 0 aliphatic carbocycles. The normalized spacial score (nSPS) is 19.6. The fraction of sp³-hybridized carbons (Fsp3) is 0.571. The zero-order chi connectivity index (χ0) is 14.6. The standard InChI is InChI=1S/C14H21IN2O2S/c1-2-10-17(11-13-4-3-9-16-13)20(18,19)14-7-5-12(15)6-8-14/h5-8,13,16H,2-4,9-11H2,1H3. The zero-order valence-corrected chi connectivity index (χ0v) is 14.7. The van der Waals surface area contributed by atoms with Crippen molar-refractivity contribution >= 4 is 32.6 Å². The molecule has 0 aromatic heterocycles. The van der Waals surface area contributed by atoms with E-state index in [0.717, 1.165) is 29.4 Å². The molecule has 1 aromatic carbocycles. The monoisotopic (exact) mass is 408 g/mol. The molecule has 0 bridgehead atoms. The van der Waals surface area contributed by atoms with Gasteiger partial charge in [0.2, 0.25) is 10.0 Å². The summed E-state index contributed by atoms with van der Waals surface area (Å²) in [6, 6.07) is 7.36. The molecule has 0 amide bonds. The maximum Gasteiger partial charge on any atom is 0.243 e. The van der Waals surface area contributed by atoms with Gasteiger partial charge in [-0.1, -0.05) is 6.92 Å². The summed E-state index contributed by atoms with van der Waals surface area (Å²) in [4.78, 5) is 0.393. The average Bonchev–Trinajstić information content (AvgIpc) is 2.92. The number of sulfonamides is 1. The minimum atomic E-state index is -3.38. The molecule has 1 saturated heterocycles. The molecular weight excluding hydrogens is 387 g/mol. The Morgan fingerprint density at radius 1 is 1.35 bits per heavy atom. The van der Waals surface area contributed by atoms with Gasteiger partial charge in [-0.15, -0.1) is 0 Å². The number of halogens is 1. The summed E-state index contributed by atoms with van der Waals surface area (Å²) in [7, 11) is -3.38. The Balaban J connectivity index is 2.19. The van der Waals surface area contributed by atoms with Crippen molar-refractivity contribution in [3.63, 3.8) is 0 Å². The third-order valence-electron chi connectivity index (χ3n) is 3.51. The highest BCUT2D eigenvalue weighted by Gasteiger charge is 2.27. The van der Waals surface area contributed by atoms with Crippen LogP contribution in [0.3, 0.4) is 0 Å². The van der Waals surface area contributed by atoms with E-state index in [-0.39, 0.29) is 0 Å². The van der Waals surface area contributed by atoms with E-state index in [0.29, 0.717) is 24.0 Å². The van der Waals surface area contributed by atoms with Crippen molar-refractivity contribution in [3.05, 3.63) is 27.8 Å². The van der Waals surface area contributed by atoms with Crippen LogP contribution in [0.4, 0.5) is 0 Å². The topological polar surface area (TPSA) is 49.4 Å². The van der Waals surface area contributed by atoms with Crippen molar-refractivity contribution in [1.82, 2.24) is 9.62 Å². The van der Waals surface area contributed by atoms with Gasteiger partial charge in [0.25, 0.3) is 0 Å². The second kappa shape index (κ2) is 7.20. The second-order valence-corrected chi connectivity index (χ2v) is 8.29. The van der Waals surface area contributed by atoms with E-state index in [1.54, 1.807) is 16.4 Å². The molecular formula is C14H21IN2O2S. The summed E-state index contributed by atoms with van der Waals surface area (Å²) in [5.74, 6) is 0. The van der Waals surface area contributed by atoms with Crippen LogP contribution in [0.15, 0.2) is 29.2 Å². The first-order chi connectivity index (χ1) is 9.54. The van der Waals surface area contributed by atoms with Crippen molar-refractivity contribution < 1.29 is 8.42 Å². The largest absolute Gasteiger partial charge is 0.313 e. The minimum absolute atomic E-state index is 0.292. The van der Waals surface area contributed by atoms with E-state index >= 15 is 0 Å². The van der Waals surface area contributed by atoms with Gasteiger partial charge in [-0.05, 0) is 72.7 Å². The number of hydrogen-bond donors (Lipinski definition) is 1. The highest BCUT2D eigenvalue weighted by molar-refractivity contribution is 14.1. The molecule has 1 aliphatic rings. The second-order valence-electron chi connectivity index (χ2n) is 5.11. The van der Waals surface area contributed by atoms with Crippen molar-refractivity contribution in [2.75, 3.05) is 19.6 Å². The van der Waals surface area contributed by atoms with Crippen LogP contribution in [0.5, 0.6) is 0 Å². The number of rotatable bonds is 6. The van der Waals surface area contributed by atoms with Gasteiger partial charge in [0.15, 0.2) is 0 Å². The van der Waals surface area contributed by atoms with Gasteiger partial charge in [0.05, 0.1) is 4.90 Å². The zero-order valence-electron chi connectivity index (χ0n) is 11.7. The van der Waals surface area contributed by atoms with Gasteiger partial charge in [-0.2, -0.15) is 4.31 Å². The Morgan fingerprint density at radius 2 is 2.05 bits per heavy atom. The molecule has 6 heteroatoms. The van der Waals surface area contributed by atoms with Crippen LogP contribution in [0.25, 0.3) is 0 Å². The van der Waals surface area contributed by atoms with Gasteiger partial charge in [0, 0.05) is 22.7 Å². The maximum atomic E-state index is 12.7. The molecule has 1 atom stereocenters. The first-order valence-corrected chi connectivity index (χ1v) is 9.55. The number of hydrogen-bond acceptors (Lipinski definition) is 3. The van der Waals surface area contributed by atoms with E-state index in [1.807, 2.05) is 19.1 Å². The van der Waals surface area contributed by atoms with Crippen LogP contribution >= 0.6 is 22.6 Å². The van der Waals surface area contributed by atoms with Gasteiger partial charge >= 0.3 is 0 Å². The summed E-state index contributed by atoms with van der Waals surface area (Å²) < 4.78 is 28.1. The molecule has 1 fully saturated rings. The Morgan fingerprint density at radius 3 is 2.60 bits per heavy atom. The first kappa shape index (κ1) is 16.2. The average molecular weight is 408 g/mol. The molecule has 0 spiro atoms. The molecule has 0 radical (unpaired) electrons. The fourth-order valence-electron chi connectivity index (χ4n) is 2.47. The lowest BCUT2D eigenvalue weighted by atomic mass is 10.2. The van der Waals surface area contributed by atoms with Crippen LogP contribution in [0.1, 0.15) is 26.2 Å². The van der Waals surface area contributed by atoms with E-state index < -0.39 is 10.0 Å². The minimum Gasteiger partial charge on any atom is -0.313 e. The van der Waals surface area contributed by atoms with Crippen molar-refractivity contribution in [2.24, 2.45) is 0 Å². The van der Waals surface area contributed by atoms with Crippen LogP contribution in [0, 0.1) is 3.57 Å². The predicted molar refractivity (Wildman–Crippen MR) is 89.2 cm³/mol. The van der Waals surface area contributed by atoms with E-state index in [2.05, 4.69) is 27.9 Å². The lowest BCUT2D eigenvalue weighted by molar-refractivity contribution is 0.369.